The van der Waals surface area contributed by atoms with Crippen LogP contribution >= 0.6 is 0 Å². The molecular weight excluding hydrogens is 264 g/mol. The summed E-state index contributed by atoms with van der Waals surface area (Å²) in [6.45, 7) is 1.65. The van der Waals surface area contributed by atoms with Crippen LogP contribution in [0.3, 0.4) is 0 Å². The van der Waals surface area contributed by atoms with Crippen LogP contribution < -0.4 is 10.4 Å². The summed E-state index contributed by atoms with van der Waals surface area (Å²) in [6, 6.07) is 3.26. The van der Waals surface area contributed by atoms with Gasteiger partial charge in [-0.15, -0.1) is 0 Å². The van der Waals surface area contributed by atoms with Gasteiger partial charge in [0.2, 0.25) is 0 Å². The third-order valence-electron chi connectivity index (χ3n) is 2.37. The van der Waals surface area contributed by atoms with Crippen LogP contribution in [0.5, 0.6) is 0 Å². The summed E-state index contributed by atoms with van der Waals surface area (Å²) < 4.78 is 6.08. The number of nitrogens with zero attached hydrogens (tertiary/aromatic N) is 3. The largest absolute Gasteiger partial charge is 0.544 e. The Kier molecular flexibility index (Phi) is 3.94. The molecule has 2 rings (SSSR count). The van der Waals surface area contributed by atoms with Gasteiger partial charge in [-0.3, -0.25) is 0 Å². The molecule has 0 saturated carbocycles. The number of hydrogen-bond acceptors (Lipinski definition) is 7. The van der Waals surface area contributed by atoms with Gasteiger partial charge in [0.15, 0.2) is 5.65 Å². The quantitative estimate of drug-likeness (QED) is 0.334. The fraction of sp³-hybridized carbons (Fsp3) is 0.167. The van der Waals surface area contributed by atoms with E-state index in [0.29, 0.717) is 11.5 Å². The maximum Gasteiger partial charge on any atom is 0.341 e. The number of esters is 1. The predicted molar refractivity (Wildman–Crippen MR) is 66.3 cm³/mol. The number of hydrogen-bond donors (Lipinski definition) is 1. The average Bonchev–Trinajstić information content (AvgIpc) is 2.88. The summed E-state index contributed by atoms with van der Waals surface area (Å²) in [7, 11) is 0. The van der Waals surface area contributed by atoms with E-state index in [1.807, 2.05) is 0 Å². The standard InChI is InChI=1S/C12H12N4O4/c1-2-20-12(19)8(11(17)18)7-14-10-3-5-13-9-4-6-15-16(9)10/h3-7,14H,2H2,1H3,(H,17,18)/p-1/b8-7-. The molecule has 2 aromatic heterocycles. The van der Waals surface area contributed by atoms with Crippen molar-refractivity contribution in [3.63, 3.8) is 0 Å². The Bertz CT molecular complexity index is 677. The number of carboxylic acid groups (broad SMARTS) is 1. The van der Waals surface area contributed by atoms with Gasteiger partial charge in [0.25, 0.3) is 0 Å². The molecule has 0 aliphatic heterocycles. The molecular formula is C12H11N4O4-. The molecule has 2 aromatic rings. The van der Waals surface area contributed by atoms with Gasteiger partial charge >= 0.3 is 5.97 Å². The van der Waals surface area contributed by atoms with Gasteiger partial charge in [-0.1, -0.05) is 0 Å². The van der Waals surface area contributed by atoms with Crippen molar-refractivity contribution in [1.29, 1.82) is 0 Å². The molecule has 0 spiro atoms. The third kappa shape index (κ3) is 2.74. The summed E-state index contributed by atoms with van der Waals surface area (Å²) >= 11 is 0. The number of fused-ring (bicyclic) bond motifs is 1. The first kappa shape index (κ1) is 13.5. The number of nitrogens with one attached hydrogen (secondary N) is 1. The zero-order valence-corrected chi connectivity index (χ0v) is 10.6. The Morgan fingerprint density at radius 2 is 2.25 bits per heavy atom. The number of carbonyl (C=O) groups excluding carboxylic acids is 2. The van der Waals surface area contributed by atoms with E-state index in [1.54, 1.807) is 25.3 Å². The van der Waals surface area contributed by atoms with E-state index in [1.165, 1.54) is 10.7 Å². The van der Waals surface area contributed by atoms with Gasteiger partial charge in [0, 0.05) is 18.5 Å². The Hall–Kier alpha value is -2.90. The fourth-order valence-electron chi connectivity index (χ4n) is 1.50. The first-order chi connectivity index (χ1) is 9.63. The van der Waals surface area contributed by atoms with E-state index in [4.69, 9.17) is 0 Å². The van der Waals surface area contributed by atoms with Crippen LogP contribution in [-0.2, 0) is 14.3 Å². The number of anilines is 1. The second kappa shape index (κ2) is 5.83. The first-order valence-electron chi connectivity index (χ1n) is 5.77. The van der Waals surface area contributed by atoms with Crippen LogP contribution in [0, 0.1) is 0 Å². The number of carboxylic acids is 1. The summed E-state index contributed by atoms with van der Waals surface area (Å²) in [4.78, 5) is 26.4. The molecule has 0 atom stereocenters. The normalized spacial score (nSPS) is 11.3. The SMILES string of the molecule is CCOC(=O)/C(=C\Nc1ccnc2ccnn12)C(=O)[O-]. The summed E-state index contributed by atoms with van der Waals surface area (Å²) in [5.74, 6) is -2.14. The molecule has 104 valence electrons. The highest BCUT2D eigenvalue weighted by atomic mass is 16.5. The second-order valence-electron chi connectivity index (χ2n) is 3.64. The number of aromatic nitrogens is 3. The van der Waals surface area contributed by atoms with Gasteiger partial charge in [0.1, 0.15) is 5.82 Å². The van der Waals surface area contributed by atoms with Crippen LogP contribution in [0.25, 0.3) is 5.65 Å². The Balaban J connectivity index is 2.27. The lowest BCUT2D eigenvalue weighted by molar-refractivity contribution is -0.299. The molecule has 0 fully saturated rings. The monoisotopic (exact) mass is 275 g/mol. The molecule has 20 heavy (non-hydrogen) atoms. The van der Waals surface area contributed by atoms with Crippen LogP contribution in [0.2, 0.25) is 0 Å². The van der Waals surface area contributed by atoms with Crippen LogP contribution in [-0.4, -0.2) is 33.1 Å². The van der Waals surface area contributed by atoms with Gasteiger partial charge in [-0.25, -0.2) is 9.78 Å². The smallest absolute Gasteiger partial charge is 0.341 e. The topological polar surface area (TPSA) is 109 Å². The maximum atomic E-state index is 11.4. The average molecular weight is 275 g/mol. The van der Waals surface area contributed by atoms with Gasteiger partial charge in [0.05, 0.1) is 24.3 Å². The highest BCUT2D eigenvalue weighted by Crippen LogP contribution is 2.09. The van der Waals surface area contributed by atoms with Crippen molar-refractivity contribution in [3.8, 4) is 0 Å². The molecule has 1 N–H and O–H groups in total. The molecule has 0 aliphatic carbocycles. The molecule has 2 heterocycles. The van der Waals surface area contributed by atoms with Crippen molar-refractivity contribution in [2.24, 2.45) is 0 Å². The van der Waals surface area contributed by atoms with E-state index >= 15 is 0 Å². The zero-order valence-electron chi connectivity index (χ0n) is 10.6. The fourth-order valence-corrected chi connectivity index (χ4v) is 1.50. The van der Waals surface area contributed by atoms with E-state index in [-0.39, 0.29) is 6.61 Å². The number of carbonyl (C=O) groups is 2. The van der Waals surface area contributed by atoms with Crippen molar-refractivity contribution in [3.05, 3.63) is 36.3 Å². The summed E-state index contributed by atoms with van der Waals surface area (Å²) in [5.41, 5.74) is -0.0292. The number of rotatable bonds is 5. The Labute approximate surface area is 113 Å². The minimum atomic E-state index is -1.62. The number of aliphatic carboxylic acids is 1. The molecule has 8 nitrogen and oxygen atoms in total. The lowest BCUT2D eigenvalue weighted by atomic mass is 10.3. The van der Waals surface area contributed by atoms with Crippen molar-refractivity contribution in [2.75, 3.05) is 11.9 Å². The van der Waals surface area contributed by atoms with Crippen molar-refractivity contribution >= 4 is 23.4 Å². The molecule has 0 aliphatic rings. The predicted octanol–water partition coefficient (Wildman–Crippen LogP) is -0.662. The van der Waals surface area contributed by atoms with Gasteiger partial charge in [-0.2, -0.15) is 9.61 Å². The van der Waals surface area contributed by atoms with Crippen molar-refractivity contribution < 1.29 is 19.4 Å². The third-order valence-corrected chi connectivity index (χ3v) is 2.37. The molecule has 0 saturated heterocycles. The molecule has 0 radical (unpaired) electrons. The summed E-state index contributed by atoms with van der Waals surface area (Å²) in [6.07, 6.45) is 4.07. The van der Waals surface area contributed by atoms with E-state index in [2.05, 4.69) is 20.1 Å². The molecule has 8 heteroatoms. The molecule has 0 unspecified atom stereocenters. The molecule has 0 aromatic carbocycles. The van der Waals surface area contributed by atoms with Crippen molar-refractivity contribution in [1.82, 2.24) is 14.6 Å². The highest BCUT2D eigenvalue weighted by Gasteiger charge is 2.12. The summed E-state index contributed by atoms with van der Waals surface area (Å²) in [5, 5.41) is 17.6. The minimum Gasteiger partial charge on any atom is -0.544 e. The highest BCUT2D eigenvalue weighted by molar-refractivity contribution is 6.12. The van der Waals surface area contributed by atoms with E-state index in [0.717, 1.165) is 6.20 Å². The van der Waals surface area contributed by atoms with Crippen LogP contribution in [0.4, 0.5) is 5.82 Å². The van der Waals surface area contributed by atoms with Gasteiger partial charge < -0.3 is 20.0 Å². The molecule has 0 amide bonds. The van der Waals surface area contributed by atoms with E-state index in [9.17, 15) is 14.7 Å². The number of ether oxygens (including phenoxy) is 1. The first-order valence-corrected chi connectivity index (χ1v) is 5.77. The zero-order chi connectivity index (χ0) is 14.5. The lowest BCUT2D eigenvalue weighted by Crippen LogP contribution is -2.30. The lowest BCUT2D eigenvalue weighted by Gasteiger charge is -2.09. The van der Waals surface area contributed by atoms with E-state index < -0.39 is 17.5 Å². The van der Waals surface area contributed by atoms with Crippen molar-refractivity contribution in [2.45, 2.75) is 6.92 Å². The minimum absolute atomic E-state index is 0.0715. The molecule has 0 bridgehead atoms. The second-order valence-corrected chi connectivity index (χ2v) is 3.64. The Morgan fingerprint density at radius 1 is 1.45 bits per heavy atom. The van der Waals surface area contributed by atoms with Gasteiger partial charge in [-0.05, 0) is 13.0 Å². The maximum absolute atomic E-state index is 11.4. The van der Waals surface area contributed by atoms with Crippen LogP contribution in [0.15, 0.2) is 36.3 Å². The van der Waals surface area contributed by atoms with Crippen LogP contribution in [0.1, 0.15) is 6.92 Å². The Morgan fingerprint density at radius 3 is 2.95 bits per heavy atom.